The third-order valence-corrected chi connectivity index (χ3v) is 2.49. The van der Waals surface area contributed by atoms with Crippen LogP contribution in [0, 0.1) is 0 Å². The molecule has 98 valence electrons. The Labute approximate surface area is 116 Å². The van der Waals surface area contributed by atoms with E-state index >= 15 is 0 Å². The van der Waals surface area contributed by atoms with E-state index in [1.54, 1.807) is 13.2 Å². The Morgan fingerprint density at radius 2 is 2.00 bits per heavy atom. The van der Waals surface area contributed by atoms with Crippen molar-refractivity contribution in [3.8, 4) is 5.75 Å². The highest BCUT2D eigenvalue weighted by molar-refractivity contribution is 9.10. The Hall–Kier alpha value is -1.29. The second kappa shape index (κ2) is 6.05. The van der Waals surface area contributed by atoms with Crippen molar-refractivity contribution in [2.24, 2.45) is 0 Å². The lowest BCUT2D eigenvalue weighted by Gasteiger charge is -2.17. The molecule has 0 radical (unpaired) electrons. The largest absolute Gasteiger partial charge is 0.496 e. The summed E-state index contributed by atoms with van der Waals surface area (Å²) < 4.78 is 11.3. The summed E-state index contributed by atoms with van der Waals surface area (Å²) in [7, 11) is 1.59. The second-order valence-corrected chi connectivity index (χ2v) is 5.67. The van der Waals surface area contributed by atoms with Gasteiger partial charge < -0.3 is 9.47 Å². The molecule has 0 amide bonds. The number of benzene rings is 1. The van der Waals surface area contributed by atoms with Crippen molar-refractivity contribution < 1.29 is 14.3 Å². The molecule has 0 heterocycles. The first kappa shape index (κ1) is 14.8. The second-order valence-electron chi connectivity index (χ2n) is 4.75. The average Bonchev–Trinajstić information content (AvgIpc) is 2.24. The lowest BCUT2D eigenvalue weighted by Crippen LogP contribution is -2.22. The minimum absolute atomic E-state index is 0.371. The van der Waals surface area contributed by atoms with Crippen molar-refractivity contribution in [2.75, 3.05) is 7.11 Å². The van der Waals surface area contributed by atoms with Gasteiger partial charge in [-0.3, -0.25) is 0 Å². The highest BCUT2D eigenvalue weighted by Gasteiger charge is 2.14. The fourth-order valence-electron chi connectivity index (χ4n) is 1.33. The van der Waals surface area contributed by atoms with E-state index in [2.05, 4.69) is 15.9 Å². The number of esters is 1. The van der Waals surface area contributed by atoms with Gasteiger partial charge in [0.05, 0.1) is 7.11 Å². The number of hydrogen-bond acceptors (Lipinski definition) is 3. The van der Waals surface area contributed by atoms with E-state index in [1.165, 1.54) is 6.08 Å². The van der Waals surface area contributed by atoms with Crippen LogP contribution < -0.4 is 4.74 Å². The van der Waals surface area contributed by atoms with E-state index in [9.17, 15) is 4.79 Å². The zero-order valence-electron chi connectivity index (χ0n) is 11.0. The molecule has 4 heteroatoms. The van der Waals surface area contributed by atoms with Crippen molar-refractivity contribution in [2.45, 2.75) is 26.4 Å². The third-order valence-electron chi connectivity index (χ3n) is 2.00. The maximum Gasteiger partial charge on any atom is 0.331 e. The highest BCUT2D eigenvalue weighted by atomic mass is 79.9. The zero-order valence-corrected chi connectivity index (χ0v) is 12.6. The summed E-state index contributed by atoms with van der Waals surface area (Å²) in [6, 6.07) is 5.59. The van der Waals surface area contributed by atoms with Crippen molar-refractivity contribution >= 4 is 28.0 Å². The Morgan fingerprint density at radius 1 is 1.33 bits per heavy atom. The fourth-order valence-corrected chi connectivity index (χ4v) is 1.71. The maximum absolute atomic E-state index is 11.6. The Morgan fingerprint density at radius 3 is 2.56 bits per heavy atom. The molecule has 1 rings (SSSR count). The smallest absolute Gasteiger partial charge is 0.331 e. The Kier molecular flexibility index (Phi) is 4.96. The summed E-state index contributed by atoms with van der Waals surface area (Å²) in [5, 5.41) is 0. The number of hydrogen-bond donors (Lipinski definition) is 0. The summed E-state index contributed by atoms with van der Waals surface area (Å²) in [4.78, 5) is 11.6. The molecule has 1 aromatic carbocycles. The summed E-state index contributed by atoms with van der Waals surface area (Å²) in [6.07, 6.45) is 3.08. The van der Waals surface area contributed by atoms with Crippen molar-refractivity contribution in [1.82, 2.24) is 0 Å². The van der Waals surface area contributed by atoms with E-state index in [-0.39, 0.29) is 5.97 Å². The molecular formula is C14H17BrO3. The first-order valence-electron chi connectivity index (χ1n) is 5.56. The third kappa shape index (κ3) is 4.92. The van der Waals surface area contributed by atoms with E-state index in [1.807, 2.05) is 39.0 Å². The molecule has 0 aliphatic carbocycles. The van der Waals surface area contributed by atoms with E-state index < -0.39 is 5.60 Å². The summed E-state index contributed by atoms with van der Waals surface area (Å²) >= 11 is 3.38. The van der Waals surface area contributed by atoms with Gasteiger partial charge in [-0.15, -0.1) is 0 Å². The van der Waals surface area contributed by atoms with Crippen LogP contribution in [0.2, 0.25) is 0 Å². The molecule has 0 fully saturated rings. The van der Waals surface area contributed by atoms with Crippen molar-refractivity contribution in [3.05, 3.63) is 34.3 Å². The van der Waals surface area contributed by atoms with Crippen LogP contribution in [0.15, 0.2) is 28.7 Å². The first-order valence-corrected chi connectivity index (χ1v) is 6.36. The van der Waals surface area contributed by atoms with Crippen molar-refractivity contribution in [3.63, 3.8) is 0 Å². The standard InChI is InChI=1S/C14H17BrO3/c1-14(2,3)18-13(16)8-5-10-9-11(15)6-7-12(10)17-4/h5-9H,1-4H3/b8-5+. The number of halogens is 1. The quantitative estimate of drug-likeness (QED) is 0.629. The molecule has 0 saturated carbocycles. The van der Waals surface area contributed by atoms with E-state index in [4.69, 9.17) is 9.47 Å². The van der Waals surface area contributed by atoms with Crippen LogP contribution in [0.5, 0.6) is 5.75 Å². The highest BCUT2D eigenvalue weighted by Crippen LogP contribution is 2.24. The van der Waals surface area contributed by atoms with Crippen LogP contribution >= 0.6 is 15.9 Å². The molecule has 0 aromatic heterocycles. The predicted octanol–water partition coefficient (Wildman–Crippen LogP) is 3.81. The van der Waals surface area contributed by atoms with Gasteiger partial charge in [0, 0.05) is 16.1 Å². The molecule has 0 aliphatic heterocycles. The van der Waals surface area contributed by atoms with Crippen LogP contribution in [-0.4, -0.2) is 18.7 Å². The zero-order chi connectivity index (χ0) is 13.8. The molecule has 0 unspecified atom stereocenters. The van der Waals surface area contributed by atoms with Gasteiger partial charge in [-0.1, -0.05) is 15.9 Å². The van der Waals surface area contributed by atoms with Crippen LogP contribution in [0.4, 0.5) is 0 Å². The van der Waals surface area contributed by atoms with Crippen LogP contribution in [0.1, 0.15) is 26.3 Å². The van der Waals surface area contributed by atoms with Gasteiger partial charge in [0.15, 0.2) is 0 Å². The van der Waals surface area contributed by atoms with Crippen LogP contribution in [-0.2, 0) is 9.53 Å². The molecule has 0 saturated heterocycles. The first-order chi connectivity index (χ1) is 8.31. The molecule has 1 aromatic rings. The summed E-state index contributed by atoms with van der Waals surface area (Å²) in [5.41, 5.74) is 0.334. The topological polar surface area (TPSA) is 35.5 Å². The normalized spacial score (nSPS) is 11.6. The minimum Gasteiger partial charge on any atom is -0.496 e. The van der Waals surface area contributed by atoms with E-state index in [0.29, 0.717) is 5.75 Å². The molecule has 18 heavy (non-hydrogen) atoms. The molecule has 3 nitrogen and oxygen atoms in total. The Bertz CT molecular complexity index is 459. The van der Waals surface area contributed by atoms with Crippen molar-refractivity contribution in [1.29, 1.82) is 0 Å². The van der Waals surface area contributed by atoms with Gasteiger partial charge in [-0.25, -0.2) is 4.79 Å². The Balaban J connectivity index is 2.84. The number of carbonyl (C=O) groups is 1. The van der Waals surface area contributed by atoms with E-state index in [0.717, 1.165) is 10.0 Å². The van der Waals surface area contributed by atoms with Gasteiger partial charge in [0.2, 0.25) is 0 Å². The SMILES string of the molecule is COc1ccc(Br)cc1/C=C/C(=O)OC(C)(C)C. The summed E-state index contributed by atoms with van der Waals surface area (Å²) in [5.74, 6) is 0.336. The molecule has 0 aliphatic rings. The molecule has 0 N–H and O–H groups in total. The van der Waals surface area contributed by atoms with Crippen LogP contribution in [0.25, 0.3) is 6.08 Å². The fraction of sp³-hybridized carbons (Fsp3) is 0.357. The number of carbonyl (C=O) groups excluding carboxylic acids is 1. The lowest BCUT2D eigenvalue weighted by molar-refractivity contribution is -0.148. The van der Waals surface area contributed by atoms with Gasteiger partial charge in [-0.05, 0) is 45.0 Å². The maximum atomic E-state index is 11.6. The summed E-state index contributed by atoms with van der Waals surface area (Å²) in [6.45, 7) is 5.50. The molecule has 0 atom stereocenters. The van der Waals surface area contributed by atoms with Gasteiger partial charge in [0.25, 0.3) is 0 Å². The lowest BCUT2D eigenvalue weighted by atomic mass is 10.2. The predicted molar refractivity (Wildman–Crippen MR) is 75.6 cm³/mol. The molecular weight excluding hydrogens is 296 g/mol. The van der Waals surface area contributed by atoms with Gasteiger partial charge in [0.1, 0.15) is 11.4 Å². The monoisotopic (exact) mass is 312 g/mol. The molecule has 0 bridgehead atoms. The number of rotatable bonds is 3. The molecule has 0 spiro atoms. The minimum atomic E-state index is -0.483. The number of ether oxygens (including phenoxy) is 2. The number of methoxy groups -OCH3 is 1. The van der Waals surface area contributed by atoms with Crippen LogP contribution in [0.3, 0.4) is 0 Å². The van der Waals surface area contributed by atoms with Gasteiger partial charge >= 0.3 is 5.97 Å². The van der Waals surface area contributed by atoms with Gasteiger partial charge in [-0.2, -0.15) is 0 Å². The average molecular weight is 313 g/mol.